The number of hydrogen-bond donors (Lipinski definition) is 1. The molecule has 23 heavy (non-hydrogen) atoms. The monoisotopic (exact) mass is 352 g/mol. The summed E-state index contributed by atoms with van der Waals surface area (Å²) in [7, 11) is 1.29. The maximum Gasteiger partial charge on any atom is 0.307 e. The zero-order valence-electron chi connectivity index (χ0n) is 12.3. The molecule has 1 aromatic heterocycles. The van der Waals surface area contributed by atoms with E-state index in [1.807, 2.05) is 0 Å². The molecular formula is C16H14Cl2N2O3. The van der Waals surface area contributed by atoms with Crippen LogP contribution in [-0.4, -0.2) is 24.0 Å². The largest absolute Gasteiger partial charge is 0.469 e. The van der Waals surface area contributed by atoms with Gasteiger partial charge in [0.25, 0.3) is 5.91 Å². The van der Waals surface area contributed by atoms with Crippen molar-refractivity contribution in [1.82, 2.24) is 10.3 Å². The summed E-state index contributed by atoms with van der Waals surface area (Å²) in [6.45, 7) is 0. The Morgan fingerprint density at radius 3 is 2.57 bits per heavy atom. The van der Waals surface area contributed by atoms with E-state index in [4.69, 9.17) is 23.2 Å². The van der Waals surface area contributed by atoms with Crippen LogP contribution in [0.15, 0.2) is 42.6 Å². The first-order valence-corrected chi connectivity index (χ1v) is 7.50. The Morgan fingerprint density at radius 2 is 1.96 bits per heavy atom. The van der Waals surface area contributed by atoms with Crippen LogP contribution < -0.4 is 5.32 Å². The van der Waals surface area contributed by atoms with Crippen molar-refractivity contribution < 1.29 is 14.3 Å². The fourth-order valence-corrected chi connectivity index (χ4v) is 2.38. The third-order valence-corrected chi connectivity index (χ3v) is 3.74. The van der Waals surface area contributed by atoms with Gasteiger partial charge < -0.3 is 10.1 Å². The minimum atomic E-state index is -0.612. The lowest BCUT2D eigenvalue weighted by atomic mass is 10.0. The molecule has 2 rings (SSSR count). The summed E-state index contributed by atoms with van der Waals surface area (Å²) >= 11 is 11.9. The molecule has 0 aliphatic heterocycles. The molecule has 2 aromatic rings. The number of amides is 1. The first-order chi connectivity index (χ1) is 11.0. The smallest absolute Gasteiger partial charge is 0.307 e. The van der Waals surface area contributed by atoms with Crippen LogP contribution in [0.1, 0.15) is 28.4 Å². The molecule has 0 unspecified atom stereocenters. The van der Waals surface area contributed by atoms with Crippen LogP contribution in [0.3, 0.4) is 0 Å². The second-order valence-electron chi connectivity index (χ2n) is 4.70. The molecule has 1 heterocycles. The van der Waals surface area contributed by atoms with Crippen LogP contribution in [0.4, 0.5) is 0 Å². The highest BCUT2D eigenvalue weighted by Gasteiger charge is 2.21. The van der Waals surface area contributed by atoms with E-state index < -0.39 is 12.0 Å². The predicted octanol–water partition coefficient (Wildman–Crippen LogP) is 3.42. The van der Waals surface area contributed by atoms with Crippen LogP contribution in [0, 0.1) is 0 Å². The molecule has 1 aromatic carbocycles. The number of esters is 1. The molecule has 1 amide bonds. The highest BCUT2D eigenvalue weighted by molar-refractivity contribution is 6.31. The fraction of sp³-hybridized carbons (Fsp3) is 0.188. The van der Waals surface area contributed by atoms with Crippen LogP contribution in [0.2, 0.25) is 10.2 Å². The summed E-state index contributed by atoms with van der Waals surface area (Å²) in [5.74, 6) is -0.840. The van der Waals surface area contributed by atoms with Crippen LogP contribution >= 0.6 is 23.2 Å². The lowest BCUT2D eigenvalue weighted by Gasteiger charge is -2.19. The number of methoxy groups -OCH3 is 1. The molecule has 5 nitrogen and oxygen atoms in total. The molecule has 1 atom stereocenters. The molecule has 0 saturated carbocycles. The lowest BCUT2D eigenvalue weighted by molar-refractivity contribution is -0.141. The van der Waals surface area contributed by atoms with Gasteiger partial charge in [0.2, 0.25) is 0 Å². The van der Waals surface area contributed by atoms with Gasteiger partial charge in [-0.05, 0) is 23.8 Å². The van der Waals surface area contributed by atoms with Gasteiger partial charge in [-0.1, -0.05) is 41.4 Å². The van der Waals surface area contributed by atoms with Gasteiger partial charge >= 0.3 is 5.97 Å². The number of rotatable bonds is 5. The molecule has 120 valence electrons. The first kappa shape index (κ1) is 17.2. The number of carbonyl (C=O) groups is 2. The zero-order chi connectivity index (χ0) is 16.8. The maximum atomic E-state index is 12.3. The van der Waals surface area contributed by atoms with Gasteiger partial charge in [-0.25, -0.2) is 4.98 Å². The van der Waals surface area contributed by atoms with Crippen molar-refractivity contribution in [2.24, 2.45) is 0 Å². The average Bonchev–Trinajstić information content (AvgIpc) is 2.55. The van der Waals surface area contributed by atoms with E-state index in [0.717, 1.165) is 0 Å². The summed E-state index contributed by atoms with van der Waals surface area (Å²) in [6, 6.07) is 9.44. The maximum absolute atomic E-state index is 12.3. The molecule has 0 bridgehead atoms. The summed E-state index contributed by atoms with van der Waals surface area (Å²) in [6.07, 6.45) is 1.33. The second-order valence-corrected chi connectivity index (χ2v) is 5.49. The van der Waals surface area contributed by atoms with Crippen LogP contribution in [-0.2, 0) is 9.53 Å². The van der Waals surface area contributed by atoms with Crippen molar-refractivity contribution in [2.75, 3.05) is 7.11 Å². The van der Waals surface area contributed by atoms with Gasteiger partial charge in [-0.3, -0.25) is 9.59 Å². The number of carbonyl (C=O) groups excluding carboxylic acids is 2. The Bertz CT molecular complexity index is 705. The van der Waals surface area contributed by atoms with Crippen molar-refractivity contribution in [2.45, 2.75) is 12.5 Å². The van der Waals surface area contributed by atoms with E-state index in [9.17, 15) is 9.59 Å². The topological polar surface area (TPSA) is 68.3 Å². The molecule has 0 fully saturated rings. The third-order valence-electron chi connectivity index (χ3n) is 3.17. The van der Waals surface area contributed by atoms with Crippen molar-refractivity contribution in [1.29, 1.82) is 0 Å². The Labute approximate surface area is 143 Å². The highest BCUT2D eigenvalue weighted by Crippen LogP contribution is 2.25. The van der Waals surface area contributed by atoms with Crippen molar-refractivity contribution in [3.8, 4) is 0 Å². The van der Waals surface area contributed by atoms with E-state index >= 15 is 0 Å². The van der Waals surface area contributed by atoms with Gasteiger partial charge in [-0.15, -0.1) is 0 Å². The highest BCUT2D eigenvalue weighted by atomic mass is 35.5. The van der Waals surface area contributed by atoms with E-state index in [-0.39, 0.29) is 12.3 Å². The fourth-order valence-electron chi connectivity index (χ4n) is 2.00. The quantitative estimate of drug-likeness (QED) is 0.661. The molecular weight excluding hydrogens is 339 g/mol. The summed E-state index contributed by atoms with van der Waals surface area (Å²) in [4.78, 5) is 27.8. The number of aromatic nitrogens is 1. The van der Waals surface area contributed by atoms with Crippen molar-refractivity contribution in [3.05, 3.63) is 63.9 Å². The second kappa shape index (κ2) is 7.94. The standard InChI is InChI=1S/C16H14Cl2N2O3/c1-23-15(21)8-13(11-4-2-3-5-12(11)17)20-16(22)10-6-7-14(18)19-9-10/h2-7,9,13H,8H2,1H3,(H,20,22)/t13-/m0/s1. The van der Waals surface area contributed by atoms with E-state index in [0.29, 0.717) is 21.3 Å². The third kappa shape index (κ3) is 4.68. The van der Waals surface area contributed by atoms with Crippen molar-refractivity contribution >= 4 is 35.1 Å². The van der Waals surface area contributed by atoms with Gasteiger partial charge in [0.15, 0.2) is 0 Å². The Morgan fingerprint density at radius 1 is 1.22 bits per heavy atom. The van der Waals surface area contributed by atoms with E-state index in [2.05, 4.69) is 15.0 Å². The Balaban J connectivity index is 2.24. The lowest BCUT2D eigenvalue weighted by Crippen LogP contribution is -2.30. The van der Waals surface area contributed by atoms with Gasteiger partial charge in [0, 0.05) is 11.2 Å². The Kier molecular flexibility index (Phi) is 5.96. The van der Waals surface area contributed by atoms with Crippen LogP contribution in [0.5, 0.6) is 0 Å². The number of ether oxygens (including phenoxy) is 1. The molecule has 7 heteroatoms. The molecule has 0 aliphatic carbocycles. The van der Waals surface area contributed by atoms with E-state index in [1.165, 1.54) is 19.4 Å². The number of halogens is 2. The van der Waals surface area contributed by atoms with E-state index in [1.54, 1.807) is 30.3 Å². The molecule has 0 radical (unpaired) electrons. The SMILES string of the molecule is COC(=O)C[C@H](NC(=O)c1ccc(Cl)nc1)c1ccccc1Cl. The summed E-state index contributed by atoms with van der Waals surface area (Å²) < 4.78 is 4.68. The number of pyridine rings is 1. The average molecular weight is 353 g/mol. The molecule has 0 spiro atoms. The normalized spacial score (nSPS) is 11.6. The van der Waals surface area contributed by atoms with Crippen LogP contribution in [0.25, 0.3) is 0 Å². The zero-order valence-corrected chi connectivity index (χ0v) is 13.8. The number of nitrogens with zero attached hydrogens (tertiary/aromatic N) is 1. The molecule has 0 aliphatic rings. The molecule has 1 N–H and O–H groups in total. The van der Waals surface area contributed by atoms with Gasteiger partial charge in [-0.2, -0.15) is 0 Å². The number of benzene rings is 1. The number of nitrogens with one attached hydrogen (secondary N) is 1. The summed E-state index contributed by atoms with van der Waals surface area (Å²) in [5.41, 5.74) is 0.964. The van der Waals surface area contributed by atoms with Gasteiger partial charge in [0.1, 0.15) is 5.15 Å². The predicted molar refractivity (Wildman–Crippen MR) is 87.5 cm³/mol. The minimum absolute atomic E-state index is 0.0347. The summed E-state index contributed by atoms with van der Waals surface area (Å²) in [5, 5.41) is 3.51. The van der Waals surface area contributed by atoms with Crippen molar-refractivity contribution in [3.63, 3.8) is 0 Å². The first-order valence-electron chi connectivity index (χ1n) is 6.75. The number of hydrogen-bond acceptors (Lipinski definition) is 4. The molecule has 0 saturated heterocycles. The van der Waals surface area contributed by atoms with Gasteiger partial charge in [0.05, 0.1) is 25.1 Å². The minimum Gasteiger partial charge on any atom is -0.469 e. The Hall–Kier alpha value is -2.11.